The van der Waals surface area contributed by atoms with E-state index >= 15 is 0 Å². The number of hydrogen-bond donors (Lipinski definition) is 2. The highest BCUT2D eigenvalue weighted by Crippen LogP contribution is 2.28. The van der Waals surface area contributed by atoms with Gasteiger partial charge in [0.2, 0.25) is 17.6 Å². The van der Waals surface area contributed by atoms with E-state index in [0.717, 1.165) is 25.5 Å². The number of aromatic nitrogens is 6. The number of fused-ring (bicyclic) bond motifs is 1. The van der Waals surface area contributed by atoms with Crippen LogP contribution in [0.25, 0.3) is 11.6 Å². The molecule has 1 aliphatic heterocycles. The molecule has 0 aliphatic carbocycles. The van der Waals surface area contributed by atoms with Gasteiger partial charge in [0.25, 0.3) is 0 Å². The average Bonchev–Trinajstić information content (AvgIpc) is 3.21. The Bertz CT molecular complexity index is 885. The lowest BCUT2D eigenvalue weighted by Crippen LogP contribution is -2.30. The van der Waals surface area contributed by atoms with Gasteiger partial charge in [0, 0.05) is 20.1 Å². The minimum atomic E-state index is -0.181. The molecule has 0 bridgehead atoms. The highest BCUT2D eigenvalue weighted by Gasteiger charge is 2.24. The van der Waals surface area contributed by atoms with Crippen LogP contribution in [0.1, 0.15) is 29.8 Å². The topological polar surface area (TPSA) is 95.8 Å². The Hall–Kier alpha value is -2.74. The van der Waals surface area contributed by atoms with E-state index in [-0.39, 0.29) is 6.61 Å². The molecule has 1 aliphatic rings. The SMILES string of the molecule is CC1CN(c2nnc(-c3n[nH]c(CO)n3)n2C)CCc2ccccc21. The minimum Gasteiger partial charge on any atom is -0.388 e. The molecule has 1 unspecified atom stereocenters. The molecule has 2 aromatic heterocycles. The predicted molar refractivity (Wildman–Crippen MR) is 93.1 cm³/mol. The molecular formula is C17H21N7O. The van der Waals surface area contributed by atoms with Crippen LogP contribution in [0, 0.1) is 0 Å². The molecule has 0 fully saturated rings. The lowest BCUT2D eigenvalue weighted by molar-refractivity contribution is 0.272. The van der Waals surface area contributed by atoms with E-state index in [2.05, 4.69) is 61.5 Å². The van der Waals surface area contributed by atoms with Crippen molar-refractivity contribution in [2.45, 2.75) is 25.9 Å². The van der Waals surface area contributed by atoms with Crippen molar-refractivity contribution < 1.29 is 5.11 Å². The normalized spacial score (nSPS) is 17.4. The molecule has 25 heavy (non-hydrogen) atoms. The van der Waals surface area contributed by atoms with Gasteiger partial charge in [0.15, 0.2) is 5.82 Å². The Morgan fingerprint density at radius 1 is 1.28 bits per heavy atom. The fraction of sp³-hybridized carbons (Fsp3) is 0.412. The lowest BCUT2D eigenvalue weighted by atomic mass is 9.96. The van der Waals surface area contributed by atoms with Gasteiger partial charge in [-0.3, -0.25) is 9.67 Å². The van der Waals surface area contributed by atoms with Crippen molar-refractivity contribution in [2.75, 3.05) is 18.0 Å². The number of nitrogens with zero attached hydrogens (tertiary/aromatic N) is 6. The van der Waals surface area contributed by atoms with Crippen LogP contribution in [0.15, 0.2) is 24.3 Å². The fourth-order valence-corrected chi connectivity index (χ4v) is 3.46. The minimum absolute atomic E-state index is 0.181. The lowest BCUT2D eigenvalue weighted by Gasteiger charge is -2.23. The monoisotopic (exact) mass is 339 g/mol. The molecule has 8 nitrogen and oxygen atoms in total. The number of aliphatic hydroxyl groups is 1. The molecule has 1 aromatic carbocycles. The average molecular weight is 339 g/mol. The predicted octanol–water partition coefficient (Wildman–Crippen LogP) is 1.26. The number of rotatable bonds is 3. The molecule has 1 atom stereocenters. The summed E-state index contributed by atoms with van der Waals surface area (Å²) in [4.78, 5) is 6.49. The third-order valence-corrected chi connectivity index (χ3v) is 4.75. The maximum absolute atomic E-state index is 9.14. The van der Waals surface area contributed by atoms with Crippen molar-refractivity contribution in [1.82, 2.24) is 29.9 Å². The van der Waals surface area contributed by atoms with Crippen LogP contribution in [0.3, 0.4) is 0 Å². The van der Waals surface area contributed by atoms with Crippen molar-refractivity contribution in [3.05, 3.63) is 41.2 Å². The molecule has 4 rings (SSSR count). The highest BCUT2D eigenvalue weighted by atomic mass is 16.3. The smallest absolute Gasteiger partial charge is 0.227 e. The van der Waals surface area contributed by atoms with Crippen LogP contribution in [-0.4, -0.2) is 48.1 Å². The molecule has 3 heterocycles. The van der Waals surface area contributed by atoms with E-state index in [1.54, 1.807) is 0 Å². The van der Waals surface area contributed by atoms with Crippen LogP contribution < -0.4 is 4.90 Å². The maximum Gasteiger partial charge on any atom is 0.227 e. The van der Waals surface area contributed by atoms with Crippen LogP contribution in [0.2, 0.25) is 0 Å². The van der Waals surface area contributed by atoms with Gasteiger partial charge in [-0.05, 0) is 23.5 Å². The Kier molecular flexibility index (Phi) is 3.96. The first-order valence-corrected chi connectivity index (χ1v) is 8.42. The van der Waals surface area contributed by atoms with Gasteiger partial charge < -0.3 is 10.0 Å². The number of benzene rings is 1. The summed E-state index contributed by atoms with van der Waals surface area (Å²) in [7, 11) is 1.92. The fourth-order valence-electron chi connectivity index (χ4n) is 3.46. The summed E-state index contributed by atoms with van der Waals surface area (Å²) < 4.78 is 1.91. The second-order valence-corrected chi connectivity index (χ2v) is 6.44. The first-order valence-electron chi connectivity index (χ1n) is 8.42. The van der Waals surface area contributed by atoms with Gasteiger partial charge in [-0.15, -0.1) is 15.3 Å². The van der Waals surface area contributed by atoms with Crippen LogP contribution in [0.5, 0.6) is 0 Å². The maximum atomic E-state index is 9.14. The molecular weight excluding hydrogens is 318 g/mol. The summed E-state index contributed by atoms with van der Waals surface area (Å²) in [6, 6.07) is 8.63. The Labute approximate surface area is 145 Å². The molecule has 0 radical (unpaired) electrons. The van der Waals surface area contributed by atoms with E-state index in [0.29, 0.717) is 23.4 Å². The van der Waals surface area contributed by atoms with Crippen molar-refractivity contribution >= 4 is 5.95 Å². The van der Waals surface area contributed by atoms with E-state index in [9.17, 15) is 0 Å². The Balaban J connectivity index is 1.63. The summed E-state index contributed by atoms with van der Waals surface area (Å²) in [6.45, 7) is 3.85. The van der Waals surface area contributed by atoms with Gasteiger partial charge in [0.1, 0.15) is 6.61 Å². The number of aromatic amines is 1. The number of hydrogen-bond acceptors (Lipinski definition) is 6. The van der Waals surface area contributed by atoms with Crippen molar-refractivity contribution in [1.29, 1.82) is 0 Å². The van der Waals surface area contributed by atoms with Crippen LogP contribution in [0.4, 0.5) is 5.95 Å². The molecule has 130 valence electrons. The third-order valence-electron chi connectivity index (χ3n) is 4.75. The van der Waals surface area contributed by atoms with Crippen LogP contribution in [-0.2, 0) is 20.1 Å². The van der Waals surface area contributed by atoms with E-state index in [1.807, 2.05) is 11.6 Å². The second kappa shape index (κ2) is 6.29. The molecule has 0 amide bonds. The second-order valence-electron chi connectivity index (χ2n) is 6.44. The first kappa shape index (κ1) is 15.8. The molecule has 2 N–H and O–H groups in total. The van der Waals surface area contributed by atoms with Crippen LogP contribution >= 0.6 is 0 Å². The molecule has 8 heteroatoms. The van der Waals surface area contributed by atoms with Gasteiger partial charge >= 0.3 is 0 Å². The van der Waals surface area contributed by atoms with Crippen molar-refractivity contribution in [2.24, 2.45) is 7.05 Å². The Morgan fingerprint density at radius 3 is 2.92 bits per heavy atom. The molecule has 3 aromatic rings. The van der Waals surface area contributed by atoms with Gasteiger partial charge in [-0.2, -0.15) is 0 Å². The summed E-state index contributed by atoms with van der Waals surface area (Å²) in [5.74, 6) is 2.67. The standard InChI is InChI=1S/C17H21N7O/c1-11-9-24(8-7-12-5-3-4-6-13(11)12)17-22-21-16(23(17)2)15-18-14(10-25)19-20-15/h3-6,11,25H,7-10H2,1-2H3,(H,18,19,20). The number of aliphatic hydroxyl groups excluding tert-OH is 1. The molecule has 0 spiro atoms. The van der Waals surface area contributed by atoms with E-state index in [4.69, 9.17) is 5.11 Å². The largest absolute Gasteiger partial charge is 0.388 e. The number of anilines is 1. The summed E-state index contributed by atoms with van der Waals surface area (Å²) in [5.41, 5.74) is 2.82. The van der Waals surface area contributed by atoms with Gasteiger partial charge in [-0.25, -0.2) is 4.98 Å². The molecule has 0 saturated heterocycles. The quantitative estimate of drug-likeness (QED) is 0.746. The third kappa shape index (κ3) is 2.78. The first-order chi connectivity index (χ1) is 12.2. The van der Waals surface area contributed by atoms with Gasteiger partial charge in [0.05, 0.1) is 0 Å². The van der Waals surface area contributed by atoms with E-state index in [1.165, 1.54) is 11.1 Å². The van der Waals surface area contributed by atoms with Crippen molar-refractivity contribution in [3.63, 3.8) is 0 Å². The zero-order valence-corrected chi connectivity index (χ0v) is 14.3. The van der Waals surface area contributed by atoms with Gasteiger partial charge in [-0.1, -0.05) is 31.2 Å². The summed E-state index contributed by atoms with van der Waals surface area (Å²) in [6.07, 6.45) is 0.984. The van der Waals surface area contributed by atoms with E-state index < -0.39 is 0 Å². The number of H-pyrrole nitrogens is 1. The summed E-state index contributed by atoms with van der Waals surface area (Å²) >= 11 is 0. The highest BCUT2D eigenvalue weighted by molar-refractivity contribution is 5.49. The summed E-state index contributed by atoms with van der Waals surface area (Å²) in [5, 5.41) is 24.6. The molecule has 0 saturated carbocycles. The Morgan fingerprint density at radius 2 is 2.12 bits per heavy atom. The van der Waals surface area contributed by atoms with Crippen molar-refractivity contribution in [3.8, 4) is 11.6 Å². The zero-order chi connectivity index (χ0) is 17.4. The zero-order valence-electron chi connectivity index (χ0n) is 14.3. The number of nitrogens with one attached hydrogen (secondary N) is 1.